The van der Waals surface area contributed by atoms with Crippen LogP contribution in [0.4, 0.5) is 5.69 Å². The van der Waals surface area contributed by atoms with Gasteiger partial charge in [0, 0.05) is 23.4 Å². The van der Waals surface area contributed by atoms with Crippen molar-refractivity contribution < 1.29 is 13.2 Å². The Morgan fingerprint density at radius 1 is 1.21 bits per heavy atom. The summed E-state index contributed by atoms with van der Waals surface area (Å²) in [5.74, 6) is -0.00223. The molecule has 158 valence electrons. The van der Waals surface area contributed by atoms with Crippen LogP contribution in [0.15, 0.2) is 28.5 Å². The molecule has 2 aromatic rings. The zero-order valence-electron chi connectivity index (χ0n) is 17.8. The highest BCUT2D eigenvalue weighted by Gasteiger charge is 2.31. The average molecular weight is 435 g/mol. The molecule has 29 heavy (non-hydrogen) atoms. The van der Waals surface area contributed by atoms with Gasteiger partial charge in [0.05, 0.1) is 5.69 Å². The van der Waals surface area contributed by atoms with Crippen LogP contribution >= 0.6 is 11.3 Å². The van der Waals surface area contributed by atoms with Crippen LogP contribution in [-0.2, 0) is 27.7 Å². The van der Waals surface area contributed by atoms with E-state index in [4.69, 9.17) is 0 Å². The quantitative estimate of drug-likeness (QED) is 0.766. The molecule has 1 aliphatic rings. The van der Waals surface area contributed by atoms with Crippen LogP contribution in [0.5, 0.6) is 0 Å². The first-order valence-electron chi connectivity index (χ1n) is 10.00. The van der Waals surface area contributed by atoms with E-state index in [2.05, 4.69) is 11.4 Å². The molecule has 0 unspecified atom stereocenters. The van der Waals surface area contributed by atoms with Crippen molar-refractivity contribution in [3.05, 3.63) is 45.8 Å². The fraction of sp³-hybridized carbons (Fsp3) is 0.500. The molecule has 2 heterocycles. The third-order valence-electron chi connectivity index (χ3n) is 5.10. The molecule has 0 saturated carbocycles. The molecule has 0 radical (unpaired) electrons. The average Bonchev–Trinajstić information content (AvgIpc) is 3.09. The highest BCUT2D eigenvalue weighted by atomic mass is 32.2. The zero-order chi connectivity index (χ0) is 21.4. The van der Waals surface area contributed by atoms with Crippen molar-refractivity contribution in [2.45, 2.75) is 58.1 Å². The monoisotopic (exact) mass is 434 g/mol. The number of nitrogens with zero attached hydrogens (tertiary/aromatic N) is 1. The number of benzene rings is 1. The zero-order valence-corrected chi connectivity index (χ0v) is 19.5. The van der Waals surface area contributed by atoms with Gasteiger partial charge in [0.1, 0.15) is 4.21 Å². The summed E-state index contributed by atoms with van der Waals surface area (Å²) in [7, 11) is -3.59. The molecular formula is C22H30N2O3S2. The van der Waals surface area contributed by atoms with Crippen LogP contribution in [-0.4, -0.2) is 27.4 Å². The smallest absolute Gasteiger partial charge is 0.273 e. The molecule has 1 aromatic heterocycles. The van der Waals surface area contributed by atoms with Gasteiger partial charge in [-0.25, -0.2) is 8.42 Å². The number of anilines is 1. The third kappa shape index (κ3) is 4.67. The fourth-order valence-corrected chi connectivity index (χ4v) is 6.74. The summed E-state index contributed by atoms with van der Waals surface area (Å²) in [4.78, 5) is 12.9. The van der Waals surface area contributed by atoms with Crippen molar-refractivity contribution in [1.82, 2.24) is 5.32 Å². The molecule has 5 nitrogen and oxygen atoms in total. The lowest BCUT2D eigenvalue weighted by Crippen LogP contribution is -2.36. The normalized spacial score (nSPS) is 14.6. The highest BCUT2D eigenvalue weighted by molar-refractivity contribution is 7.94. The van der Waals surface area contributed by atoms with Crippen molar-refractivity contribution in [3.63, 3.8) is 0 Å². The van der Waals surface area contributed by atoms with E-state index in [1.165, 1.54) is 11.3 Å². The minimum atomic E-state index is -3.59. The van der Waals surface area contributed by atoms with E-state index in [0.29, 0.717) is 23.7 Å². The molecule has 0 spiro atoms. The van der Waals surface area contributed by atoms with Gasteiger partial charge in [-0.2, -0.15) is 0 Å². The Balaban J connectivity index is 1.78. The Morgan fingerprint density at radius 3 is 2.62 bits per heavy atom. The predicted octanol–water partition coefficient (Wildman–Crippen LogP) is 4.21. The number of aryl methyl sites for hydroxylation is 3. The molecule has 0 fully saturated rings. The summed E-state index contributed by atoms with van der Waals surface area (Å²) in [5.41, 5.74) is 3.69. The number of hydrogen-bond donors (Lipinski definition) is 1. The molecule has 0 atom stereocenters. The molecule has 1 aromatic carbocycles. The first-order valence-corrected chi connectivity index (χ1v) is 12.3. The van der Waals surface area contributed by atoms with Gasteiger partial charge in [0.2, 0.25) is 5.91 Å². The number of carbonyl (C=O) groups is 1. The lowest BCUT2D eigenvalue weighted by molar-refractivity contribution is -0.128. The second kappa shape index (κ2) is 8.11. The maximum absolute atomic E-state index is 13.4. The van der Waals surface area contributed by atoms with Crippen molar-refractivity contribution in [2.24, 2.45) is 5.41 Å². The van der Waals surface area contributed by atoms with Crippen molar-refractivity contribution in [1.29, 1.82) is 0 Å². The van der Waals surface area contributed by atoms with Gasteiger partial charge in [-0.1, -0.05) is 38.5 Å². The van der Waals surface area contributed by atoms with Gasteiger partial charge < -0.3 is 5.32 Å². The second-order valence-electron chi connectivity index (χ2n) is 8.75. The van der Waals surface area contributed by atoms with Crippen LogP contribution in [0.2, 0.25) is 0 Å². The number of hydrogen-bond acceptors (Lipinski definition) is 4. The molecule has 0 aliphatic carbocycles. The molecule has 3 rings (SSSR count). The van der Waals surface area contributed by atoms with Crippen LogP contribution in [0.1, 0.15) is 48.8 Å². The largest absolute Gasteiger partial charge is 0.355 e. The predicted molar refractivity (Wildman–Crippen MR) is 119 cm³/mol. The Kier molecular flexibility index (Phi) is 6.11. The number of sulfonamides is 1. The van der Waals surface area contributed by atoms with E-state index in [1.807, 2.05) is 46.8 Å². The summed E-state index contributed by atoms with van der Waals surface area (Å²) < 4.78 is 28.7. The van der Waals surface area contributed by atoms with E-state index in [0.717, 1.165) is 40.1 Å². The first kappa shape index (κ1) is 21.8. The second-order valence-corrected chi connectivity index (χ2v) is 12.0. The molecule has 1 N–H and O–H groups in total. The molecule has 0 bridgehead atoms. The SMILES string of the molecule is Cc1cc(C)c2c(c1)CCCN2S(=O)(=O)c1ccc(CCNC(=O)C(C)(C)C)s1. The summed E-state index contributed by atoms with van der Waals surface area (Å²) in [6.07, 6.45) is 2.36. The van der Waals surface area contributed by atoms with Gasteiger partial charge in [-0.05, 0) is 56.4 Å². The van der Waals surface area contributed by atoms with E-state index < -0.39 is 15.4 Å². The number of thiophene rings is 1. The van der Waals surface area contributed by atoms with Gasteiger partial charge in [0.15, 0.2) is 0 Å². The Hall–Kier alpha value is -1.86. The molecule has 1 aliphatic heterocycles. The third-order valence-corrected chi connectivity index (χ3v) is 8.51. The Bertz CT molecular complexity index is 1020. The molecule has 7 heteroatoms. The topological polar surface area (TPSA) is 66.5 Å². The van der Waals surface area contributed by atoms with Gasteiger partial charge in [0.25, 0.3) is 10.0 Å². The van der Waals surface area contributed by atoms with Crippen LogP contribution < -0.4 is 9.62 Å². The van der Waals surface area contributed by atoms with E-state index in [9.17, 15) is 13.2 Å². The summed E-state index contributed by atoms with van der Waals surface area (Å²) in [5, 5.41) is 2.92. The fourth-order valence-electron chi connectivity index (χ4n) is 3.66. The summed E-state index contributed by atoms with van der Waals surface area (Å²) in [6, 6.07) is 7.69. The maximum atomic E-state index is 13.4. The van der Waals surface area contributed by atoms with E-state index in [1.54, 1.807) is 10.4 Å². The van der Waals surface area contributed by atoms with Gasteiger partial charge >= 0.3 is 0 Å². The lowest BCUT2D eigenvalue weighted by Gasteiger charge is -2.32. The molecule has 1 amide bonds. The number of carbonyl (C=O) groups excluding carboxylic acids is 1. The summed E-state index contributed by atoms with van der Waals surface area (Å²) >= 11 is 1.30. The number of nitrogens with one attached hydrogen (secondary N) is 1. The Morgan fingerprint density at radius 2 is 1.93 bits per heavy atom. The first-order chi connectivity index (χ1) is 13.5. The minimum absolute atomic E-state index is 0.00223. The molecule has 0 saturated heterocycles. The van der Waals surface area contributed by atoms with Crippen LogP contribution in [0, 0.1) is 19.3 Å². The lowest BCUT2D eigenvalue weighted by atomic mass is 9.96. The number of fused-ring (bicyclic) bond motifs is 1. The van der Waals surface area contributed by atoms with E-state index >= 15 is 0 Å². The Labute approximate surface area is 178 Å². The highest BCUT2D eigenvalue weighted by Crippen LogP contribution is 2.37. The number of amides is 1. The van der Waals surface area contributed by atoms with Crippen molar-refractivity contribution in [3.8, 4) is 0 Å². The standard InChI is InChI=1S/C22H30N2O3S2/c1-15-13-16(2)20-17(14-15)7-6-12-24(20)29(26,27)19-9-8-18(28-19)10-11-23-21(25)22(3,4)5/h8-9,13-14H,6-7,10-12H2,1-5H3,(H,23,25). The number of rotatable bonds is 5. The van der Waals surface area contributed by atoms with Gasteiger partial charge in [-0.15, -0.1) is 11.3 Å². The van der Waals surface area contributed by atoms with Gasteiger partial charge in [-0.3, -0.25) is 9.10 Å². The summed E-state index contributed by atoms with van der Waals surface area (Å²) in [6.45, 7) is 10.7. The van der Waals surface area contributed by atoms with Crippen molar-refractivity contribution in [2.75, 3.05) is 17.4 Å². The minimum Gasteiger partial charge on any atom is -0.355 e. The van der Waals surface area contributed by atoms with Crippen LogP contribution in [0.3, 0.4) is 0 Å². The van der Waals surface area contributed by atoms with Crippen LogP contribution in [0.25, 0.3) is 0 Å². The molecular weight excluding hydrogens is 404 g/mol. The van der Waals surface area contributed by atoms with Crippen molar-refractivity contribution >= 4 is 33.0 Å². The maximum Gasteiger partial charge on any atom is 0.273 e. The van der Waals surface area contributed by atoms with E-state index in [-0.39, 0.29) is 5.91 Å².